The first-order valence-corrected chi connectivity index (χ1v) is 12.4. The number of hydrogen-bond acceptors (Lipinski definition) is 9. The maximum atomic E-state index is 13.3. The van der Waals surface area contributed by atoms with Gasteiger partial charge in [0.2, 0.25) is 0 Å². The topological polar surface area (TPSA) is 132 Å². The third kappa shape index (κ3) is 4.98. The summed E-state index contributed by atoms with van der Waals surface area (Å²) in [6.07, 6.45) is 4.39. The minimum Gasteiger partial charge on any atom is -0.466 e. The first kappa shape index (κ1) is 26.5. The Bertz CT molecular complexity index is 1340. The van der Waals surface area contributed by atoms with E-state index in [0.717, 1.165) is 32.1 Å². The number of methoxy groups -OCH3 is 2. The highest BCUT2D eigenvalue weighted by molar-refractivity contribution is 6.08. The fraction of sp³-hybridized carbons (Fsp3) is 0.310. The third-order valence-electron chi connectivity index (χ3n) is 6.80. The number of hydrogen-bond donors (Lipinski definition) is 1. The van der Waals surface area contributed by atoms with Crippen molar-refractivity contribution in [1.82, 2.24) is 0 Å². The highest BCUT2D eigenvalue weighted by atomic mass is 16.5. The summed E-state index contributed by atoms with van der Waals surface area (Å²) in [5.41, 5.74) is 7.06. The number of carbonyl (C=O) groups is 3. The molecule has 9 heteroatoms. The summed E-state index contributed by atoms with van der Waals surface area (Å²) in [5, 5.41) is 10.2. The smallest absolute Gasteiger partial charge is 0.355 e. The number of esters is 3. The Morgan fingerprint density at radius 1 is 0.895 bits per heavy atom. The molecule has 2 aliphatic rings. The van der Waals surface area contributed by atoms with Gasteiger partial charge in [-0.3, -0.25) is 4.90 Å². The highest BCUT2D eigenvalue weighted by Crippen LogP contribution is 2.44. The van der Waals surface area contributed by atoms with E-state index in [-0.39, 0.29) is 40.0 Å². The number of allylic oxidation sites excluding steroid dienone is 1. The standard InChI is InChI=1S/C29H29N3O6/c1-36-28(34)24-23(18-11-5-3-6-12-18)21(17-30)26(31)32(25(24)29(35)37-2)22-16-10-9-15-20(22)27(33)38-19-13-7-4-8-14-19/h3,5-6,9-12,15-16,19,23H,4,7-8,13-14,31H2,1-2H3. The van der Waals surface area contributed by atoms with Crippen LogP contribution in [0.25, 0.3) is 0 Å². The molecule has 1 aliphatic heterocycles. The molecule has 1 unspecified atom stereocenters. The van der Waals surface area contributed by atoms with Gasteiger partial charge in [-0.05, 0) is 43.4 Å². The molecule has 196 valence electrons. The molecule has 0 spiro atoms. The number of anilines is 1. The van der Waals surface area contributed by atoms with Gasteiger partial charge in [-0.25, -0.2) is 14.4 Å². The largest absolute Gasteiger partial charge is 0.466 e. The lowest BCUT2D eigenvalue weighted by Gasteiger charge is -2.36. The second kappa shape index (κ2) is 11.6. The zero-order valence-electron chi connectivity index (χ0n) is 21.3. The average Bonchev–Trinajstić information content (AvgIpc) is 2.96. The van der Waals surface area contributed by atoms with E-state index in [4.69, 9.17) is 19.9 Å². The Labute approximate surface area is 221 Å². The van der Waals surface area contributed by atoms with E-state index < -0.39 is 23.8 Å². The van der Waals surface area contributed by atoms with Gasteiger partial charge in [0.15, 0.2) is 0 Å². The van der Waals surface area contributed by atoms with E-state index in [1.54, 1.807) is 54.6 Å². The zero-order chi connectivity index (χ0) is 27.2. The summed E-state index contributed by atoms with van der Waals surface area (Å²) < 4.78 is 15.9. The zero-order valence-corrected chi connectivity index (χ0v) is 21.3. The van der Waals surface area contributed by atoms with E-state index in [1.165, 1.54) is 19.1 Å². The molecular formula is C29H29N3O6. The van der Waals surface area contributed by atoms with E-state index >= 15 is 0 Å². The first-order chi connectivity index (χ1) is 18.4. The number of rotatable bonds is 6. The van der Waals surface area contributed by atoms with Crippen LogP contribution in [0.3, 0.4) is 0 Å². The van der Waals surface area contributed by atoms with Gasteiger partial charge in [0.1, 0.15) is 17.6 Å². The van der Waals surface area contributed by atoms with Crippen molar-refractivity contribution in [3.63, 3.8) is 0 Å². The Morgan fingerprint density at radius 3 is 2.16 bits per heavy atom. The van der Waals surface area contributed by atoms with Gasteiger partial charge in [0.05, 0.1) is 48.6 Å². The van der Waals surface area contributed by atoms with Crippen LogP contribution in [0.5, 0.6) is 0 Å². The summed E-state index contributed by atoms with van der Waals surface area (Å²) in [5.74, 6) is -3.44. The predicted molar refractivity (Wildman–Crippen MR) is 138 cm³/mol. The molecule has 9 nitrogen and oxygen atoms in total. The Balaban J connectivity index is 1.94. The van der Waals surface area contributed by atoms with Crippen LogP contribution in [0.4, 0.5) is 5.69 Å². The second-order valence-electron chi connectivity index (χ2n) is 9.02. The molecule has 1 saturated carbocycles. The monoisotopic (exact) mass is 515 g/mol. The number of ether oxygens (including phenoxy) is 3. The van der Waals surface area contributed by atoms with Crippen LogP contribution in [0.2, 0.25) is 0 Å². The highest BCUT2D eigenvalue weighted by Gasteiger charge is 2.43. The fourth-order valence-electron chi connectivity index (χ4n) is 5.00. The molecule has 1 fully saturated rings. The number of nitriles is 1. The Morgan fingerprint density at radius 2 is 1.53 bits per heavy atom. The molecular weight excluding hydrogens is 486 g/mol. The molecule has 1 heterocycles. The van der Waals surface area contributed by atoms with Crippen molar-refractivity contribution in [2.24, 2.45) is 5.73 Å². The summed E-state index contributed by atoms with van der Waals surface area (Å²) in [7, 11) is 2.35. The summed E-state index contributed by atoms with van der Waals surface area (Å²) in [6, 6.07) is 17.3. The van der Waals surface area contributed by atoms with Gasteiger partial charge in [0.25, 0.3) is 0 Å². The van der Waals surface area contributed by atoms with E-state index in [0.29, 0.717) is 5.56 Å². The van der Waals surface area contributed by atoms with Crippen LogP contribution in [-0.4, -0.2) is 38.2 Å². The quantitative estimate of drug-likeness (QED) is 0.446. The van der Waals surface area contributed by atoms with Crippen molar-refractivity contribution in [2.45, 2.75) is 44.1 Å². The van der Waals surface area contributed by atoms with Gasteiger partial charge in [0, 0.05) is 0 Å². The first-order valence-electron chi connectivity index (χ1n) is 12.4. The lowest BCUT2D eigenvalue weighted by atomic mass is 9.80. The minimum absolute atomic E-state index is 0.0136. The van der Waals surface area contributed by atoms with Gasteiger partial charge < -0.3 is 19.9 Å². The molecule has 0 saturated heterocycles. The molecule has 4 rings (SSSR count). The van der Waals surface area contributed by atoms with Crippen LogP contribution in [0, 0.1) is 11.3 Å². The molecule has 0 bridgehead atoms. The third-order valence-corrected chi connectivity index (χ3v) is 6.80. The lowest BCUT2D eigenvalue weighted by Crippen LogP contribution is -2.41. The van der Waals surface area contributed by atoms with Crippen molar-refractivity contribution in [2.75, 3.05) is 19.1 Å². The molecule has 0 amide bonds. The van der Waals surface area contributed by atoms with Crippen molar-refractivity contribution < 1.29 is 28.6 Å². The Kier molecular flexibility index (Phi) is 8.12. The van der Waals surface area contributed by atoms with E-state index in [2.05, 4.69) is 6.07 Å². The number of carbonyl (C=O) groups excluding carboxylic acids is 3. The maximum absolute atomic E-state index is 13.3. The SMILES string of the molecule is COC(=O)C1=C(C(=O)OC)N(c2ccccc2C(=O)OC2CCCCC2)C(N)=C(C#N)C1c1ccccc1. The molecule has 0 radical (unpaired) electrons. The van der Waals surface area contributed by atoms with Crippen molar-refractivity contribution in [3.05, 3.63) is 88.4 Å². The molecule has 2 aromatic carbocycles. The second-order valence-corrected chi connectivity index (χ2v) is 9.02. The maximum Gasteiger partial charge on any atom is 0.355 e. The minimum atomic E-state index is -1.000. The Hall–Kier alpha value is -4.58. The number of nitrogens with zero attached hydrogens (tertiary/aromatic N) is 2. The van der Waals surface area contributed by atoms with Crippen LogP contribution in [-0.2, 0) is 23.8 Å². The average molecular weight is 516 g/mol. The molecule has 2 N–H and O–H groups in total. The predicted octanol–water partition coefficient (Wildman–Crippen LogP) is 4.07. The molecule has 0 aromatic heterocycles. The van der Waals surface area contributed by atoms with Crippen LogP contribution in [0.1, 0.15) is 53.9 Å². The normalized spacial score (nSPS) is 18.0. The van der Waals surface area contributed by atoms with Gasteiger partial charge in [-0.2, -0.15) is 5.26 Å². The van der Waals surface area contributed by atoms with E-state index in [1.807, 2.05) is 0 Å². The number of nitrogens with two attached hydrogens (primary N) is 1. The molecule has 38 heavy (non-hydrogen) atoms. The fourth-order valence-corrected chi connectivity index (χ4v) is 5.00. The lowest BCUT2D eigenvalue weighted by molar-refractivity contribution is -0.139. The van der Waals surface area contributed by atoms with Crippen LogP contribution in [0.15, 0.2) is 77.3 Å². The summed E-state index contributed by atoms with van der Waals surface area (Å²) >= 11 is 0. The van der Waals surface area contributed by atoms with Crippen molar-refractivity contribution in [3.8, 4) is 6.07 Å². The molecule has 2 aromatic rings. The van der Waals surface area contributed by atoms with E-state index in [9.17, 15) is 19.6 Å². The van der Waals surface area contributed by atoms with Gasteiger partial charge >= 0.3 is 17.9 Å². The van der Waals surface area contributed by atoms with Crippen molar-refractivity contribution >= 4 is 23.6 Å². The van der Waals surface area contributed by atoms with Crippen molar-refractivity contribution in [1.29, 1.82) is 5.26 Å². The number of para-hydroxylation sites is 1. The summed E-state index contributed by atoms with van der Waals surface area (Å²) in [6.45, 7) is 0. The molecule has 1 atom stereocenters. The molecule has 1 aliphatic carbocycles. The van der Waals surface area contributed by atoms with Crippen LogP contribution >= 0.6 is 0 Å². The van der Waals surface area contributed by atoms with Crippen LogP contribution < -0.4 is 10.6 Å². The van der Waals surface area contributed by atoms with Gasteiger partial charge in [-0.15, -0.1) is 0 Å². The summed E-state index contributed by atoms with van der Waals surface area (Å²) in [4.78, 5) is 41.1. The van der Waals surface area contributed by atoms with Gasteiger partial charge in [-0.1, -0.05) is 48.9 Å². The number of benzene rings is 2.